The van der Waals surface area contributed by atoms with Crippen LogP contribution in [0.4, 0.5) is 4.79 Å². The molecule has 0 spiro atoms. The molecular formula is C26H43N3O4. The molecule has 1 aromatic rings. The number of unbranched alkanes of at least 4 members (excludes halogenated alkanes) is 1. The second-order valence-corrected chi connectivity index (χ2v) is 9.80. The van der Waals surface area contributed by atoms with Crippen molar-refractivity contribution in [2.75, 3.05) is 13.1 Å². The molecule has 1 rings (SSSR count). The van der Waals surface area contributed by atoms with Crippen LogP contribution in [0.5, 0.6) is 0 Å². The predicted molar refractivity (Wildman–Crippen MR) is 132 cm³/mol. The third kappa shape index (κ3) is 9.06. The molecule has 7 nitrogen and oxygen atoms in total. The van der Waals surface area contributed by atoms with Crippen molar-refractivity contribution in [3.8, 4) is 0 Å². The molecule has 3 amide bonds. The maximum absolute atomic E-state index is 13.8. The molecule has 2 unspecified atom stereocenters. The van der Waals surface area contributed by atoms with E-state index in [0.717, 1.165) is 24.0 Å². The van der Waals surface area contributed by atoms with Gasteiger partial charge in [-0.3, -0.25) is 9.59 Å². The Morgan fingerprint density at radius 3 is 2.21 bits per heavy atom. The lowest BCUT2D eigenvalue weighted by Crippen LogP contribution is -2.55. The van der Waals surface area contributed by atoms with Crippen LogP contribution in [0.1, 0.15) is 84.9 Å². The Balaban J connectivity index is 3.36. The number of carbonyl (C=O) groups is 3. The molecule has 7 heteroatoms. The Bertz CT molecular complexity index is 786. The smallest absolute Gasteiger partial charge is 0.408 e. The summed E-state index contributed by atoms with van der Waals surface area (Å²) in [7, 11) is 0. The van der Waals surface area contributed by atoms with Gasteiger partial charge in [-0.05, 0) is 57.6 Å². The minimum absolute atomic E-state index is 0.190. The van der Waals surface area contributed by atoms with Gasteiger partial charge in [0.15, 0.2) is 0 Å². The monoisotopic (exact) mass is 461 g/mol. The molecule has 0 radical (unpaired) electrons. The number of rotatable bonds is 11. The first-order valence-corrected chi connectivity index (χ1v) is 12.1. The molecule has 0 saturated heterocycles. The topological polar surface area (TPSA) is 87.7 Å². The van der Waals surface area contributed by atoms with E-state index >= 15 is 0 Å². The van der Waals surface area contributed by atoms with Crippen molar-refractivity contribution in [1.29, 1.82) is 0 Å². The van der Waals surface area contributed by atoms with E-state index in [4.69, 9.17) is 4.74 Å². The molecule has 0 aliphatic heterocycles. The van der Waals surface area contributed by atoms with Gasteiger partial charge in [-0.1, -0.05) is 58.4 Å². The summed E-state index contributed by atoms with van der Waals surface area (Å²) in [4.78, 5) is 41.3. The molecule has 33 heavy (non-hydrogen) atoms. The normalized spacial score (nSPS) is 13.2. The van der Waals surface area contributed by atoms with Crippen LogP contribution in [0.3, 0.4) is 0 Å². The second kappa shape index (κ2) is 13.2. The average Bonchev–Trinajstić information content (AvgIpc) is 2.71. The zero-order chi connectivity index (χ0) is 25.2. The summed E-state index contributed by atoms with van der Waals surface area (Å²) < 4.78 is 5.39. The first-order valence-electron chi connectivity index (χ1n) is 12.1. The van der Waals surface area contributed by atoms with Crippen LogP contribution >= 0.6 is 0 Å². The quantitative estimate of drug-likeness (QED) is 0.466. The van der Waals surface area contributed by atoms with E-state index in [1.54, 1.807) is 25.7 Å². The van der Waals surface area contributed by atoms with Crippen LogP contribution in [0.2, 0.25) is 0 Å². The lowest BCUT2D eigenvalue weighted by Gasteiger charge is -2.36. The molecule has 0 fully saturated rings. The van der Waals surface area contributed by atoms with Crippen LogP contribution in [0.25, 0.3) is 0 Å². The fourth-order valence-corrected chi connectivity index (χ4v) is 3.56. The van der Waals surface area contributed by atoms with Crippen LogP contribution in [0, 0.1) is 12.8 Å². The maximum Gasteiger partial charge on any atom is 0.408 e. The number of amides is 3. The third-order valence-corrected chi connectivity index (χ3v) is 5.23. The molecule has 0 saturated carbocycles. The van der Waals surface area contributed by atoms with Crippen molar-refractivity contribution in [2.45, 2.75) is 92.3 Å². The number of benzene rings is 1. The minimum Gasteiger partial charge on any atom is -0.444 e. The number of hydrogen-bond acceptors (Lipinski definition) is 4. The van der Waals surface area contributed by atoms with Crippen LogP contribution in [-0.2, 0) is 14.3 Å². The average molecular weight is 462 g/mol. The van der Waals surface area contributed by atoms with Gasteiger partial charge in [0.25, 0.3) is 0 Å². The zero-order valence-electron chi connectivity index (χ0n) is 21.7. The molecular weight excluding hydrogens is 418 g/mol. The van der Waals surface area contributed by atoms with Gasteiger partial charge >= 0.3 is 6.09 Å². The van der Waals surface area contributed by atoms with Gasteiger partial charge in [-0.25, -0.2) is 4.79 Å². The van der Waals surface area contributed by atoms with Crippen molar-refractivity contribution in [2.24, 2.45) is 5.92 Å². The Morgan fingerprint density at radius 1 is 1.06 bits per heavy atom. The van der Waals surface area contributed by atoms with E-state index in [-0.39, 0.29) is 17.7 Å². The van der Waals surface area contributed by atoms with Crippen LogP contribution in [-0.4, -0.2) is 47.5 Å². The number of aryl methyl sites for hydroxylation is 1. The highest BCUT2D eigenvalue weighted by Crippen LogP contribution is 2.26. The predicted octanol–water partition coefficient (Wildman–Crippen LogP) is 4.74. The Labute approximate surface area is 199 Å². The van der Waals surface area contributed by atoms with E-state index in [1.165, 1.54) is 0 Å². The lowest BCUT2D eigenvalue weighted by atomic mass is 9.96. The first-order chi connectivity index (χ1) is 15.4. The van der Waals surface area contributed by atoms with Gasteiger partial charge in [-0.15, -0.1) is 0 Å². The number of nitrogens with one attached hydrogen (secondary N) is 2. The number of ether oxygens (including phenoxy) is 1. The molecule has 0 aromatic heterocycles. The molecule has 1 aromatic carbocycles. The van der Waals surface area contributed by atoms with Gasteiger partial charge in [0.05, 0.1) is 0 Å². The molecule has 2 atom stereocenters. The summed E-state index contributed by atoms with van der Waals surface area (Å²) in [6.07, 6.45) is 1.85. The lowest BCUT2D eigenvalue weighted by molar-refractivity contribution is -0.143. The molecule has 186 valence electrons. The summed E-state index contributed by atoms with van der Waals surface area (Å²) >= 11 is 0. The van der Waals surface area contributed by atoms with E-state index in [1.807, 2.05) is 52.0 Å². The largest absolute Gasteiger partial charge is 0.444 e. The first kappa shape index (κ1) is 28.5. The summed E-state index contributed by atoms with van der Waals surface area (Å²) in [6, 6.07) is 6.02. The van der Waals surface area contributed by atoms with Gasteiger partial charge in [0, 0.05) is 13.1 Å². The van der Waals surface area contributed by atoms with Crippen molar-refractivity contribution >= 4 is 17.9 Å². The molecule has 2 N–H and O–H groups in total. The highest BCUT2D eigenvalue weighted by molar-refractivity contribution is 5.92. The highest BCUT2D eigenvalue weighted by Gasteiger charge is 2.37. The minimum atomic E-state index is -0.818. The highest BCUT2D eigenvalue weighted by atomic mass is 16.6. The zero-order valence-corrected chi connectivity index (χ0v) is 21.7. The van der Waals surface area contributed by atoms with Crippen LogP contribution < -0.4 is 10.6 Å². The van der Waals surface area contributed by atoms with Gasteiger partial charge < -0.3 is 20.3 Å². The molecule has 0 heterocycles. The van der Waals surface area contributed by atoms with Crippen molar-refractivity contribution in [3.05, 3.63) is 35.4 Å². The maximum atomic E-state index is 13.8. The van der Waals surface area contributed by atoms with Gasteiger partial charge in [0.1, 0.15) is 17.7 Å². The summed E-state index contributed by atoms with van der Waals surface area (Å²) in [6.45, 7) is 16.0. The Kier molecular flexibility index (Phi) is 11.4. The SMILES string of the molecule is CCCCNC(=O)C(c1ccccc1C)N(CCC)C(=O)C(NC(=O)OC(C)(C)C)C(C)C. The Hall–Kier alpha value is -2.57. The number of nitrogens with zero attached hydrogens (tertiary/aromatic N) is 1. The Morgan fingerprint density at radius 2 is 1.70 bits per heavy atom. The van der Waals surface area contributed by atoms with Crippen molar-refractivity contribution in [3.63, 3.8) is 0 Å². The number of alkyl carbamates (subject to hydrolysis) is 1. The van der Waals surface area contributed by atoms with E-state index in [0.29, 0.717) is 19.5 Å². The number of carbonyl (C=O) groups excluding carboxylic acids is 3. The summed E-state index contributed by atoms with van der Waals surface area (Å²) in [5.41, 5.74) is 1.04. The second-order valence-electron chi connectivity index (χ2n) is 9.80. The van der Waals surface area contributed by atoms with Gasteiger partial charge in [0.2, 0.25) is 11.8 Å². The fourth-order valence-electron chi connectivity index (χ4n) is 3.56. The third-order valence-electron chi connectivity index (χ3n) is 5.23. The van der Waals surface area contributed by atoms with Gasteiger partial charge in [-0.2, -0.15) is 0 Å². The summed E-state index contributed by atoms with van der Waals surface area (Å²) in [5.74, 6) is -0.694. The standard InChI is InChI=1S/C26H43N3O4/c1-9-11-16-27-23(30)22(20-15-13-12-14-19(20)5)29(17-10-2)24(31)21(18(3)4)28-25(32)33-26(6,7)8/h12-15,18,21-22H,9-11,16-17H2,1-8H3,(H,27,30)(H,28,32). The van der Waals surface area contributed by atoms with E-state index < -0.39 is 23.8 Å². The van der Waals surface area contributed by atoms with Crippen LogP contribution in [0.15, 0.2) is 24.3 Å². The fraction of sp³-hybridized carbons (Fsp3) is 0.654. The molecule has 0 aliphatic rings. The van der Waals surface area contributed by atoms with E-state index in [9.17, 15) is 14.4 Å². The van der Waals surface area contributed by atoms with Crippen molar-refractivity contribution < 1.29 is 19.1 Å². The van der Waals surface area contributed by atoms with Crippen molar-refractivity contribution in [1.82, 2.24) is 15.5 Å². The molecule has 0 bridgehead atoms. The summed E-state index contributed by atoms with van der Waals surface area (Å²) in [5, 5.41) is 5.74. The number of hydrogen-bond donors (Lipinski definition) is 2. The molecule has 0 aliphatic carbocycles. The van der Waals surface area contributed by atoms with E-state index in [2.05, 4.69) is 17.6 Å².